The van der Waals surface area contributed by atoms with E-state index < -0.39 is 4.92 Å². The Labute approximate surface area is 172 Å². The van der Waals surface area contributed by atoms with Crippen molar-refractivity contribution in [2.45, 2.75) is 37.2 Å². The van der Waals surface area contributed by atoms with E-state index in [0.717, 1.165) is 5.56 Å². The summed E-state index contributed by atoms with van der Waals surface area (Å²) in [5, 5.41) is 12.2. The first-order valence-corrected chi connectivity index (χ1v) is 10.4. The van der Waals surface area contributed by atoms with Crippen LogP contribution >= 0.6 is 11.8 Å². The zero-order valence-corrected chi connectivity index (χ0v) is 17.2. The lowest BCUT2D eigenvalue weighted by Crippen LogP contribution is -2.24. The van der Waals surface area contributed by atoms with E-state index in [4.69, 9.17) is 9.72 Å². The molecule has 29 heavy (non-hydrogen) atoms. The third kappa shape index (κ3) is 5.02. The monoisotopic (exact) mass is 413 g/mol. The van der Waals surface area contributed by atoms with Gasteiger partial charge in [-0.2, -0.15) is 0 Å². The van der Waals surface area contributed by atoms with Crippen LogP contribution < -0.4 is 5.56 Å². The van der Waals surface area contributed by atoms with Gasteiger partial charge in [0.1, 0.15) is 0 Å². The molecular weight excluding hydrogens is 390 g/mol. The molecule has 3 aromatic rings. The number of benzene rings is 2. The van der Waals surface area contributed by atoms with Crippen LogP contribution in [0.3, 0.4) is 0 Å². The van der Waals surface area contributed by atoms with Gasteiger partial charge in [-0.25, -0.2) is 4.98 Å². The minimum Gasteiger partial charge on any atom is -0.382 e. The molecule has 0 aliphatic rings. The smallest absolute Gasteiger partial charge is 0.269 e. The molecule has 0 amide bonds. The lowest BCUT2D eigenvalue weighted by Gasteiger charge is -2.16. The molecule has 0 N–H and O–H groups in total. The molecule has 0 fully saturated rings. The van der Waals surface area contributed by atoms with Crippen LogP contribution in [0.2, 0.25) is 0 Å². The van der Waals surface area contributed by atoms with Gasteiger partial charge in [-0.05, 0) is 38.0 Å². The van der Waals surface area contributed by atoms with Gasteiger partial charge in [0.05, 0.1) is 15.8 Å². The maximum Gasteiger partial charge on any atom is 0.269 e. The van der Waals surface area contributed by atoms with E-state index >= 15 is 0 Å². The van der Waals surface area contributed by atoms with Gasteiger partial charge in [0, 0.05) is 37.1 Å². The molecule has 152 valence electrons. The molecule has 0 radical (unpaired) electrons. The topological polar surface area (TPSA) is 87.3 Å². The van der Waals surface area contributed by atoms with Gasteiger partial charge in [-0.1, -0.05) is 36.0 Å². The van der Waals surface area contributed by atoms with E-state index in [0.29, 0.717) is 42.2 Å². The fourth-order valence-corrected chi connectivity index (χ4v) is 4.07. The number of nitrogens with zero attached hydrogens (tertiary/aromatic N) is 3. The molecule has 0 saturated heterocycles. The van der Waals surface area contributed by atoms with Crippen molar-refractivity contribution in [2.24, 2.45) is 0 Å². The Morgan fingerprint density at radius 1 is 1.24 bits per heavy atom. The highest BCUT2D eigenvalue weighted by atomic mass is 32.2. The molecule has 8 heteroatoms. The summed E-state index contributed by atoms with van der Waals surface area (Å²) in [5.74, 6) is 0. The minimum absolute atomic E-state index is 0.0514. The first-order valence-electron chi connectivity index (χ1n) is 9.49. The van der Waals surface area contributed by atoms with Gasteiger partial charge >= 0.3 is 0 Å². The highest BCUT2D eigenvalue weighted by molar-refractivity contribution is 7.99. The number of hydrogen-bond acceptors (Lipinski definition) is 6. The highest BCUT2D eigenvalue weighted by Gasteiger charge is 2.17. The number of para-hydroxylation sites is 1. The molecule has 0 saturated carbocycles. The third-order valence-corrected chi connectivity index (χ3v) is 5.68. The molecule has 0 spiro atoms. The van der Waals surface area contributed by atoms with E-state index in [-0.39, 0.29) is 16.5 Å². The average molecular weight is 413 g/mol. The van der Waals surface area contributed by atoms with Crippen molar-refractivity contribution >= 4 is 28.4 Å². The van der Waals surface area contributed by atoms with Gasteiger partial charge in [0.15, 0.2) is 5.16 Å². The normalized spacial score (nSPS) is 12.2. The van der Waals surface area contributed by atoms with Crippen molar-refractivity contribution in [1.82, 2.24) is 9.55 Å². The van der Waals surface area contributed by atoms with Gasteiger partial charge in [0.25, 0.3) is 11.2 Å². The number of fused-ring (bicyclic) bond motifs is 1. The standard InChI is InChI=1S/C21H23N3O4S/c1-3-28-13-7-12-23-20(25)18-10-4-5-11-19(18)22-21(23)29-15(2)16-8-6-9-17(14-16)24(26)27/h4-6,8-11,14-15H,3,7,12-13H2,1-2H3/t15-/m1/s1. The van der Waals surface area contributed by atoms with E-state index in [1.54, 1.807) is 22.8 Å². The van der Waals surface area contributed by atoms with Crippen LogP contribution in [0.25, 0.3) is 10.9 Å². The summed E-state index contributed by atoms with van der Waals surface area (Å²) in [7, 11) is 0. The van der Waals surface area contributed by atoms with Crippen molar-refractivity contribution in [3.63, 3.8) is 0 Å². The molecule has 1 aromatic heterocycles. The minimum atomic E-state index is -0.404. The number of thioether (sulfide) groups is 1. The molecule has 3 rings (SSSR count). The second-order valence-electron chi connectivity index (χ2n) is 6.53. The van der Waals surface area contributed by atoms with Crippen molar-refractivity contribution in [2.75, 3.05) is 13.2 Å². The zero-order chi connectivity index (χ0) is 20.8. The molecule has 2 aromatic carbocycles. The van der Waals surface area contributed by atoms with Gasteiger partial charge in [0.2, 0.25) is 0 Å². The summed E-state index contributed by atoms with van der Waals surface area (Å²) in [5.41, 5.74) is 1.43. The number of ether oxygens (including phenoxy) is 1. The highest BCUT2D eigenvalue weighted by Crippen LogP contribution is 2.35. The number of hydrogen-bond donors (Lipinski definition) is 0. The predicted octanol–water partition coefficient (Wildman–Crippen LogP) is 4.58. The van der Waals surface area contributed by atoms with Crippen LogP contribution in [0.5, 0.6) is 0 Å². The third-order valence-electron chi connectivity index (χ3n) is 4.53. The number of aromatic nitrogens is 2. The SMILES string of the molecule is CCOCCCn1c(S[C@H](C)c2cccc([N+](=O)[O-])c2)nc2ccccc2c1=O. The molecule has 1 atom stereocenters. The molecule has 0 unspecified atom stereocenters. The predicted molar refractivity (Wildman–Crippen MR) is 114 cm³/mol. The zero-order valence-electron chi connectivity index (χ0n) is 16.4. The Bertz CT molecular complexity index is 1070. The molecule has 7 nitrogen and oxygen atoms in total. The summed E-state index contributed by atoms with van der Waals surface area (Å²) in [4.78, 5) is 28.4. The van der Waals surface area contributed by atoms with Crippen molar-refractivity contribution in [3.05, 3.63) is 74.6 Å². The Kier molecular flexibility index (Phi) is 7.00. The quantitative estimate of drug-likeness (QED) is 0.168. The maximum atomic E-state index is 13.1. The number of rotatable bonds is 9. The van der Waals surface area contributed by atoms with Gasteiger partial charge in [-0.3, -0.25) is 19.5 Å². The number of nitro groups is 1. The van der Waals surface area contributed by atoms with E-state index in [2.05, 4.69) is 0 Å². The Hall–Kier alpha value is -2.71. The average Bonchev–Trinajstić information content (AvgIpc) is 2.73. The molecule has 0 bridgehead atoms. The second-order valence-corrected chi connectivity index (χ2v) is 7.84. The lowest BCUT2D eigenvalue weighted by molar-refractivity contribution is -0.384. The lowest BCUT2D eigenvalue weighted by atomic mass is 10.1. The summed E-state index contributed by atoms with van der Waals surface area (Å²) >= 11 is 1.42. The Morgan fingerprint density at radius 2 is 2.03 bits per heavy atom. The molecular formula is C21H23N3O4S. The number of nitro benzene ring substituents is 1. The number of non-ortho nitro benzene ring substituents is 1. The van der Waals surface area contributed by atoms with Crippen LogP contribution in [-0.2, 0) is 11.3 Å². The van der Waals surface area contributed by atoms with E-state index in [9.17, 15) is 14.9 Å². The van der Waals surface area contributed by atoms with E-state index in [1.165, 1.54) is 17.8 Å². The van der Waals surface area contributed by atoms with Crippen LogP contribution in [0, 0.1) is 10.1 Å². The van der Waals surface area contributed by atoms with Crippen LogP contribution in [-0.4, -0.2) is 27.7 Å². The van der Waals surface area contributed by atoms with Crippen molar-refractivity contribution < 1.29 is 9.66 Å². The second kappa shape index (κ2) is 9.67. The Balaban J connectivity index is 1.95. The fourth-order valence-electron chi connectivity index (χ4n) is 3.02. The van der Waals surface area contributed by atoms with Crippen molar-refractivity contribution in [1.29, 1.82) is 0 Å². The van der Waals surface area contributed by atoms with Crippen LogP contribution in [0.4, 0.5) is 5.69 Å². The first-order chi connectivity index (χ1) is 14.0. The molecule has 1 heterocycles. The van der Waals surface area contributed by atoms with Gasteiger partial charge < -0.3 is 4.74 Å². The summed E-state index contributed by atoms with van der Waals surface area (Å²) in [6.45, 7) is 5.60. The first kappa shape index (κ1) is 21.0. The fraction of sp³-hybridized carbons (Fsp3) is 0.333. The molecule has 0 aliphatic heterocycles. The summed E-state index contributed by atoms with van der Waals surface area (Å²) in [6.07, 6.45) is 0.701. The Morgan fingerprint density at radius 3 is 2.79 bits per heavy atom. The van der Waals surface area contributed by atoms with Crippen molar-refractivity contribution in [3.8, 4) is 0 Å². The van der Waals surface area contributed by atoms with Crippen LogP contribution in [0.1, 0.15) is 31.1 Å². The molecule has 0 aliphatic carbocycles. The van der Waals surface area contributed by atoms with E-state index in [1.807, 2.05) is 38.1 Å². The van der Waals surface area contributed by atoms with Crippen LogP contribution in [0.15, 0.2) is 58.5 Å². The summed E-state index contributed by atoms with van der Waals surface area (Å²) < 4.78 is 7.08. The van der Waals surface area contributed by atoms with Gasteiger partial charge in [-0.15, -0.1) is 0 Å². The largest absolute Gasteiger partial charge is 0.382 e. The maximum absolute atomic E-state index is 13.1. The summed E-state index contributed by atoms with van der Waals surface area (Å²) in [6, 6.07) is 13.8.